The number of benzene rings is 3. The Morgan fingerprint density at radius 1 is 0.759 bits per heavy atom. The molecule has 1 heterocycles. The Bertz CT molecular complexity index is 1110. The fourth-order valence-corrected chi connectivity index (χ4v) is 4.51. The van der Waals surface area contributed by atoms with Gasteiger partial charge in [0.2, 0.25) is 0 Å². The van der Waals surface area contributed by atoms with Crippen molar-refractivity contribution in [1.82, 2.24) is 4.57 Å². The van der Waals surface area contributed by atoms with Gasteiger partial charge in [0.25, 0.3) is 0 Å². The molecule has 0 aliphatic rings. The average molecular weight is 384 g/mol. The van der Waals surface area contributed by atoms with Gasteiger partial charge >= 0.3 is 0 Å². The number of hydrogen-bond donors (Lipinski definition) is 0. The van der Waals surface area contributed by atoms with E-state index < -0.39 is 0 Å². The Balaban J connectivity index is 1.86. The first-order valence-corrected chi connectivity index (χ1v) is 11.2. The third-order valence-electron chi connectivity index (χ3n) is 6.94. The molecule has 0 fully saturated rings. The number of fused-ring (bicyclic) bond motifs is 3. The molecule has 150 valence electrons. The predicted octanol–water partition coefficient (Wildman–Crippen LogP) is 8.20. The molecule has 4 aromatic rings. The minimum atomic E-state index is 0.257. The molecule has 3 aromatic carbocycles. The summed E-state index contributed by atoms with van der Waals surface area (Å²) in [5.41, 5.74) is 6.97. The molecule has 0 unspecified atom stereocenters. The summed E-state index contributed by atoms with van der Waals surface area (Å²) in [6.07, 6.45) is 5.98. The van der Waals surface area contributed by atoms with E-state index in [2.05, 4.69) is 99.0 Å². The maximum Gasteiger partial charge on any atom is 0.0541 e. The molecule has 0 aliphatic carbocycles. The van der Waals surface area contributed by atoms with Crippen LogP contribution >= 0.6 is 0 Å². The van der Waals surface area contributed by atoms with E-state index in [9.17, 15) is 0 Å². The normalized spacial score (nSPS) is 12.1. The number of rotatable bonds is 7. The number of para-hydroxylation sites is 1. The second-order valence-corrected chi connectivity index (χ2v) is 8.62. The highest BCUT2D eigenvalue weighted by Gasteiger charge is 2.22. The first-order chi connectivity index (χ1) is 14.1. The minimum Gasteiger partial charge on any atom is -0.309 e. The van der Waals surface area contributed by atoms with Crippen LogP contribution in [0.5, 0.6) is 0 Å². The number of hydrogen-bond acceptors (Lipinski definition) is 0. The van der Waals surface area contributed by atoms with Gasteiger partial charge in [-0.3, -0.25) is 0 Å². The van der Waals surface area contributed by atoms with Crippen LogP contribution in [0.2, 0.25) is 0 Å². The van der Waals surface area contributed by atoms with Crippen molar-refractivity contribution in [1.29, 1.82) is 0 Å². The number of nitrogens with zero attached hydrogens (tertiary/aromatic N) is 1. The standard InChI is InChI=1S/C28H33N/c1-5-8-11-21-14-19-27-25(20-21)24-12-9-10-13-26(24)29(27)23-17-15-22(16-18-23)28(4,6-2)7-3/h9-10,12-20H,5-8,11H2,1-4H3. The molecule has 0 saturated heterocycles. The molecule has 0 atom stereocenters. The monoisotopic (exact) mass is 383 g/mol. The summed E-state index contributed by atoms with van der Waals surface area (Å²) in [7, 11) is 0. The van der Waals surface area contributed by atoms with Gasteiger partial charge in [0.1, 0.15) is 0 Å². The second kappa shape index (κ2) is 8.06. The van der Waals surface area contributed by atoms with E-state index in [-0.39, 0.29) is 5.41 Å². The summed E-state index contributed by atoms with van der Waals surface area (Å²) >= 11 is 0. The van der Waals surface area contributed by atoms with Gasteiger partial charge in [0.05, 0.1) is 11.0 Å². The van der Waals surface area contributed by atoms with Crippen LogP contribution in [0, 0.1) is 0 Å². The van der Waals surface area contributed by atoms with Crippen molar-refractivity contribution in [2.45, 2.75) is 65.2 Å². The van der Waals surface area contributed by atoms with Crippen LogP contribution in [-0.4, -0.2) is 4.57 Å². The largest absolute Gasteiger partial charge is 0.309 e. The number of aromatic nitrogens is 1. The molecule has 0 N–H and O–H groups in total. The smallest absolute Gasteiger partial charge is 0.0541 e. The number of unbranched alkanes of at least 4 members (excludes halogenated alkanes) is 1. The Morgan fingerprint density at radius 3 is 2.14 bits per heavy atom. The maximum atomic E-state index is 2.42. The van der Waals surface area contributed by atoms with Crippen LogP contribution in [0.1, 0.15) is 64.5 Å². The summed E-state index contributed by atoms with van der Waals surface area (Å²) < 4.78 is 2.42. The third-order valence-corrected chi connectivity index (χ3v) is 6.94. The molecule has 0 aliphatic heterocycles. The summed E-state index contributed by atoms with van der Waals surface area (Å²) in [6, 6.07) is 25.1. The summed E-state index contributed by atoms with van der Waals surface area (Å²) in [6.45, 7) is 9.22. The first kappa shape index (κ1) is 19.8. The van der Waals surface area contributed by atoms with Crippen molar-refractivity contribution in [3.63, 3.8) is 0 Å². The van der Waals surface area contributed by atoms with Crippen LogP contribution in [0.3, 0.4) is 0 Å². The zero-order valence-corrected chi connectivity index (χ0v) is 18.3. The molecule has 1 aromatic heterocycles. The van der Waals surface area contributed by atoms with E-state index in [1.807, 2.05) is 0 Å². The van der Waals surface area contributed by atoms with Crippen molar-refractivity contribution < 1.29 is 0 Å². The van der Waals surface area contributed by atoms with E-state index >= 15 is 0 Å². The predicted molar refractivity (Wildman–Crippen MR) is 127 cm³/mol. The van der Waals surface area contributed by atoms with Crippen LogP contribution in [0.15, 0.2) is 66.7 Å². The second-order valence-electron chi connectivity index (χ2n) is 8.62. The van der Waals surface area contributed by atoms with Gasteiger partial charge in [0, 0.05) is 16.5 Å². The van der Waals surface area contributed by atoms with Crippen LogP contribution in [0.4, 0.5) is 0 Å². The topological polar surface area (TPSA) is 4.93 Å². The number of aryl methyl sites for hydroxylation is 1. The molecule has 1 heteroatoms. The first-order valence-electron chi connectivity index (χ1n) is 11.2. The zero-order valence-electron chi connectivity index (χ0n) is 18.3. The molecule has 0 bridgehead atoms. The van der Waals surface area contributed by atoms with Crippen molar-refractivity contribution in [3.8, 4) is 5.69 Å². The molecular formula is C28H33N. The third kappa shape index (κ3) is 3.48. The quantitative estimate of drug-likeness (QED) is 0.303. The van der Waals surface area contributed by atoms with Gasteiger partial charge in [-0.15, -0.1) is 0 Å². The van der Waals surface area contributed by atoms with Gasteiger partial charge in [-0.25, -0.2) is 0 Å². The van der Waals surface area contributed by atoms with Crippen LogP contribution in [-0.2, 0) is 11.8 Å². The highest BCUT2D eigenvalue weighted by Crippen LogP contribution is 2.35. The maximum absolute atomic E-state index is 2.42. The van der Waals surface area contributed by atoms with Crippen molar-refractivity contribution in [2.24, 2.45) is 0 Å². The van der Waals surface area contributed by atoms with E-state index in [4.69, 9.17) is 0 Å². The fourth-order valence-electron chi connectivity index (χ4n) is 4.51. The lowest BCUT2D eigenvalue weighted by Gasteiger charge is -2.27. The van der Waals surface area contributed by atoms with E-state index in [0.29, 0.717) is 0 Å². The molecule has 0 radical (unpaired) electrons. The summed E-state index contributed by atoms with van der Waals surface area (Å²) in [5.74, 6) is 0. The van der Waals surface area contributed by atoms with Crippen molar-refractivity contribution in [2.75, 3.05) is 0 Å². The lowest BCUT2D eigenvalue weighted by atomic mass is 9.78. The van der Waals surface area contributed by atoms with Gasteiger partial charge in [-0.05, 0) is 72.6 Å². The molecule has 4 rings (SSSR count). The molecule has 0 amide bonds. The van der Waals surface area contributed by atoms with Gasteiger partial charge < -0.3 is 4.57 Å². The average Bonchev–Trinajstić information content (AvgIpc) is 3.11. The van der Waals surface area contributed by atoms with E-state index in [1.54, 1.807) is 0 Å². The lowest BCUT2D eigenvalue weighted by molar-refractivity contribution is 0.439. The Hall–Kier alpha value is -2.54. The van der Waals surface area contributed by atoms with Crippen molar-refractivity contribution in [3.05, 3.63) is 77.9 Å². The van der Waals surface area contributed by atoms with Crippen molar-refractivity contribution >= 4 is 21.8 Å². The lowest BCUT2D eigenvalue weighted by Crippen LogP contribution is -2.19. The molecule has 29 heavy (non-hydrogen) atoms. The van der Waals surface area contributed by atoms with Gasteiger partial charge in [-0.1, -0.05) is 70.5 Å². The molecule has 0 spiro atoms. The Kier molecular flexibility index (Phi) is 5.50. The van der Waals surface area contributed by atoms with E-state index in [0.717, 1.165) is 6.42 Å². The van der Waals surface area contributed by atoms with E-state index in [1.165, 1.54) is 64.3 Å². The highest BCUT2D eigenvalue weighted by atomic mass is 15.0. The fraction of sp³-hybridized carbons (Fsp3) is 0.357. The Labute approximate surface area is 175 Å². The SMILES string of the molecule is CCCCc1ccc2c(c1)c1ccccc1n2-c1ccc(C(C)(CC)CC)cc1. The van der Waals surface area contributed by atoms with Gasteiger partial charge in [0.15, 0.2) is 0 Å². The summed E-state index contributed by atoms with van der Waals surface area (Å²) in [4.78, 5) is 0. The molecule has 1 nitrogen and oxygen atoms in total. The van der Waals surface area contributed by atoms with Gasteiger partial charge in [-0.2, -0.15) is 0 Å². The molecular weight excluding hydrogens is 350 g/mol. The highest BCUT2D eigenvalue weighted by molar-refractivity contribution is 6.09. The van der Waals surface area contributed by atoms with Crippen LogP contribution < -0.4 is 0 Å². The summed E-state index contributed by atoms with van der Waals surface area (Å²) in [5, 5.41) is 2.71. The minimum absolute atomic E-state index is 0.257. The molecule has 0 saturated carbocycles. The zero-order chi connectivity index (χ0) is 20.4. The van der Waals surface area contributed by atoms with Crippen LogP contribution in [0.25, 0.3) is 27.5 Å². The Morgan fingerprint density at radius 2 is 1.45 bits per heavy atom.